The van der Waals surface area contributed by atoms with Crippen molar-refractivity contribution >= 4 is 23.6 Å². The van der Waals surface area contributed by atoms with Crippen molar-refractivity contribution < 1.29 is 37.0 Å². The third-order valence-corrected chi connectivity index (χ3v) is 6.02. The van der Waals surface area contributed by atoms with Gasteiger partial charge >= 0.3 is 12.7 Å². The number of aromatic nitrogens is 2. The molecule has 1 aromatic carbocycles. The molecule has 2 amide bonds. The van der Waals surface area contributed by atoms with E-state index in [0.717, 1.165) is 12.8 Å². The van der Waals surface area contributed by atoms with Crippen LogP contribution in [0.1, 0.15) is 68.6 Å². The van der Waals surface area contributed by atoms with Crippen LogP contribution in [0.4, 0.5) is 13.6 Å². The van der Waals surface area contributed by atoms with Crippen LogP contribution in [-0.2, 0) is 11.3 Å². The van der Waals surface area contributed by atoms with Crippen LogP contribution in [0, 0.1) is 5.92 Å². The average Bonchev–Trinajstić information content (AvgIpc) is 3.61. The second-order valence-corrected chi connectivity index (χ2v) is 11.0. The predicted octanol–water partition coefficient (Wildman–Crippen LogP) is 6.30. The highest BCUT2D eigenvalue weighted by Crippen LogP contribution is 2.37. The number of pyridine rings is 1. The number of hydrogen-bond acceptors (Lipinski definition) is 8. The summed E-state index contributed by atoms with van der Waals surface area (Å²) in [4.78, 5) is 34.2. The summed E-state index contributed by atoms with van der Waals surface area (Å²) in [5.74, 6) is -0.334. The molecule has 41 heavy (non-hydrogen) atoms. The summed E-state index contributed by atoms with van der Waals surface area (Å²) in [6.07, 6.45) is 1.72. The molecule has 13 heteroatoms. The fraction of sp³-hybridized carbons (Fsp3) is 0.429. The van der Waals surface area contributed by atoms with Gasteiger partial charge in [0.05, 0.1) is 23.9 Å². The molecule has 1 aliphatic carbocycles. The zero-order valence-corrected chi connectivity index (χ0v) is 23.8. The fourth-order valence-corrected chi connectivity index (χ4v) is 3.76. The van der Waals surface area contributed by atoms with Crippen molar-refractivity contribution in [2.24, 2.45) is 5.92 Å². The molecule has 0 radical (unpaired) electrons. The van der Waals surface area contributed by atoms with Gasteiger partial charge in [0.1, 0.15) is 0 Å². The first-order chi connectivity index (χ1) is 19.4. The van der Waals surface area contributed by atoms with E-state index in [-0.39, 0.29) is 35.4 Å². The van der Waals surface area contributed by atoms with Gasteiger partial charge in [0, 0.05) is 17.3 Å². The number of hydrogen-bond donors (Lipinski definition) is 2. The van der Waals surface area contributed by atoms with Crippen LogP contribution < -0.4 is 20.1 Å². The van der Waals surface area contributed by atoms with E-state index in [9.17, 15) is 18.4 Å². The van der Waals surface area contributed by atoms with Crippen molar-refractivity contribution in [1.29, 1.82) is 0 Å². The number of amides is 2. The largest absolute Gasteiger partial charge is 0.489 e. The van der Waals surface area contributed by atoms with Gasteiger partial charge in [-0.2, -0.15) is 8.78 Å². The molecule has 3 aromatic rings. The molecule has 2 N–H and O–H groups in total. The van der Waals surface area contributed by atoms with E-state index in [1.54, 1.807) is 32.9 Å². The Bertz CT molecular complexity index is 1370. The van der Waals surface area contributed by atoms with Gasteiger partial charge in [-0.3, -0.25) is 9.78 Å². The lowest BCUT2D eigenvalue weighted by Gasteiger charge is -2.21. The molecule has 220 valence electrons. The molecular formula is C28H31ClF2N4O6. The standard InChI is InChI=1S/C28H31ClF2N4O6/c1-15(39-27(37)35-28(2,3)4)23-22(24(36)33-13-19-9-8-18(29)12-32-19)34-25(41-23)17-7-10-20(40-26(30)31)21(11-17)38-14-16-5-6-16/h7-12,15-16,26H,5-6,13-14H2,1-4H3,(H,33,36)(H,35,37)/t15-/m0/s1. The fourth-order valence-electron chi connectivity index (χ4n) is 3.65. The summed E-state index contributed by atoms with van der Waals surface area (Å²) in [6, 6.07) is 7.52. The van der Waals surface area contributed by atoms with Gasteiger partial charge in [-0.25, -0.2) is 9.78 Å². The van der Waals surface area contributed by atoms with E-state index in [0.29, 0.717) is 28.8 Å². The molecule has 10 nitrogen and oxygen atoms in total. The predicted molar refractivity (Wildman–Crippen MR) is 145 cm³/mol. The summed E-state index contributed by atoms with van der Waals surface area (Å²) in [5.41, 5.74) is 0.199. The van der Waals surface area contributed by atoms with Crippen LogP contribution in [-0.4, -0.2) is 40.7 Å². The van der Waals surface area contributed by atoms with Crippen molar-refractivity contribution in [3.05, 3.63) is 58.7 Å². The lowest BCUT2D eigenvalue weighted by molar-refractivity contribution is -0.0515. The van der Waals surface area contributed by atoms with Gasteiger partial charge in [0.2, 0.25) is 5.89 Å². The van der Waals surface area contributed by atoms with E-state index < -0.39 is 30.3 Å². The Labute approximate surface area is 240 Å². The number of oxazole rings is 1. The molecule has 4 rings (SSSR count). The van der Waals surface area contributed by atoms with Crippen LogP contribution in [0.5, 0.6) is 11.5 Å². The Hall–Kier alpha value is -3.93. The molecule has 1 saturated carbocycles. The maximum Gasteiger partial charge on any atom is 0.408 e. The van der Waals surface area contributed by atoms with Crippen molar-refractivity contribution in [3.8, 4) is 23.0 Å². The Morgan fingerprint density at radius 2 is 1.93 bits per heavy atom. The van der Waals surface area contributed by atoms with Gasteiger partial charge in [0.25, 0.3) is 5.91 Å². The molecule has 1 aliphatic rings. The molecule has 0 saturated heterocycles. The number of halogens is 3. The van der Waals surface area contributed by atoms with Crippen LogP contribution >= 0.6 is 11.6 Å². The number of alkyl halides is 2. The maximum atomic E-state index is 13.2. The summed E-state index contributed by atoms with van der Waals surface area (Å²) in [6.45, 7) is 4.28. The van der Waals surface area contributed by atoms with E-state index in [4.69, 9.17) is 25.5 Å². The van der Waals surface area contributed by atoms with Crippen LogP contribution in [0.25, 0.3) is 11.5 Å². The van der Waals surface area contributed by atoms with Crippen LogP contribution in [0.2, 0.25) is 5.02 Å². The highest BCUT2D eigenvalue weighted by molar-refractivity contribution is 6.30. The Balaban J connectivity index is 1.63. The molecule has 0 unspecified atom stereocenters. The third kappa shape index (κ3) is 8.78. The minimum atomic E-state index is -3.04. The zero-order valence-electron chi connectivity index (χ0n) is 23.0. The monoisotopic (exact) mass is 592 g/mol. The molecule has 0 bridgehead atoms. The second kappa shape index (κ2) is 12.7. The average molecular weight is 593 g/mol. The molecule has 2 heterocycles. The first kappa shape index (κ1) is 30.0. The topological polar surface area (TPSA) is 125 Å². The van der Waals surface area contributed by atoms with E-state index in [1.807, 2.05) is 0 Å². The normalized spacial score (nSPS) is 14.0. The number of benzene rings is 1. The van der Waals surface area contributed by atoms with Gasteiger partial charge in [0.15, 0.2) is 29.1 Å². The first-order valence-electron chi connectivity index (χ1n) is 13.0. The molecule has 1 fully saturated rings. The highest BCUT2D eigenvalue weighted by Gasteiger charge is 2.29. The van der Waals surface area contributed by atoms with Crippen molar-refractivity contribution in [1.82, 2.24) is 20.6 Å². The van der Waals surface area contributed by atoms with E-state index >= 15 is 0 Å². The number of carbonyl (C=O) groups excluding carboxylic acids is 2. The number of nitrogens with one attached hydrogen (secondary N) is 2. The van der Waals surface area contributed by atoms with Gasteiger partial charge in [-0.15, -0.1) is 0 Å². The maximum absolute atomic E-state index is 13.2. The summed E-state index contributed by atoms with van der Waals surface area (Å²) in [5, 5.41) is 5.85. The van der Waals surface area contributed by atoms with Gasteiger partial charge < -0.3 is 29.3 Å². The lowest BCUT2D eigenvalue weighted by atomic mass is 10.1. The van der Waals surface area contributed by atoms with E-state index in [2.05, 4.69) is 25.3 Å². The second-order valence-electron chi connectivity index (χ2n) is 10.6. The van der Waals surface area contributed by atoms with Gasteiger partial charge in [-0.05, 0) is 76.8 Å². The number of rotatable bonds is 11. The van der Waals surface area contributed by atoms with Crippen molar-refractivity contribution in [2.45, 2.75) is 65.3 Å². The zero-order chi connectivity index (χ0) is 29.7. The van der Waals surface area contributed by atoms with Crippen molar-refractivity contribution in [2.75, 3.05) is 6.61 Å². The first-order valence-corrected chi connectivity index (χ1v) is 13.4. The quantitative estimate of drug-likeness (QED) is 0.266. The summed E-state index contributed by atoms with van der Waals surface area (Å²) >= 11 is 5.88. The smallest absolute Gasteiger partial charge is 0.408 e. The highest BCUT2D eigenvalue weighted by atomic mass is 35.5. The minimum absolute atomic E-state index is 0.0127. The number of nitrogens with zero attached hydrogens (tertiary/aromatic N) is 2. The summed E-state index contributed by atoms with van der Waals surface area (Å²) < 4.78 is 47.7. The van der Waals surface area contributed by atoms with E-state index in [1.165, 1.54) is 31.3 Å². The van der Waals surface area contributed by atoms with Crippen LogP contribution in [0.15, 0.2) is 40.9 Å². The van der Waals surface area contributed by atoms with Gasteiger partial charge in [-0.1, -0.05) is 11.6 Å². The molecule has 1 atom stereocenters. The Morgan fingerprint density at radius 1 is 1.17 bits per heavy atom. The number of ether oxygens (including phenoxy) is 3. The number of carbonyl (C=O) groups is 2. The molecule has 2 aromatic heterocycles. The minimum Gasteiger partial charge on any atom is -0.489 e. The van der Waals surface area contributed by atoms with Crippen LogP contribution in [0.3, 0.4) is 0 Å². The summed E-state index contributed by atoms with van der Waals surface area (Å²) in [7, 11) is 0. The Kier molecular flexibility index (Phi) is 9.31. The Morgan fingerprint density at radius 3 is 2.56 bits per heavy atom. The SMILES string of the molecule is C[C@H](OC(=O)NC(C)(C)C)c1oc(-c2ccc(OC(F)F)c(OCC3CC3)c2)nc1C(=O)NCc1ccc(Cl)cn1. The molecular weight excluding hydrogens is 562 g/mol. The van der Waals surface area contributed by atoms with Crippen molar-refractivity contribution in [3.63, 3.8) is 0 Å². The molecule has 0 aliphatic heterocycles. The lowest BCUT2D eigenvalue weighted by Crippen LogP contribution is -2.41. The third-order valence-electron chi connectivity index (χ3n) is 5.80. The number of alkyl carbamates (subject to hydrolysis) is 1. The molecule has 0 spiro atoms.